The molecule has 1 amide bonds. The molecule has 1 aliphatic rings. The molecule has 0 N–H and O–H groups in total. The van der Waals surface area contributed by atoms with Gasteiger partial charge in [0.05, 0.1) is 12.2 Å². The van der Waals surface area contributed by atoms with Crippen molar-refractivity contribution in [2.45, 2.75) is 32.2 Å². The summed E-state index contributed by atoms with van der Waals surface area (Å²) < 4.78 is 1.32. The van der Waals surface area contributed by atoms with Crippen LogP contribution in [0.3, 0.4) is 0 Å². The van der Waals surface area contributed by atoms with Crippen LogP contribution in [-0.2, 0) is 19.4 Å². The number of amides is 1. The van der Waals surface area contributed by atoms with E-state index in [9.17, 15) is 9.59 Å². The van der Waals surface area contributed by atoms with Crippen molar-refractivity contribution in [2.75, 3.05) is 11.4 Å². The maximum absolute atomic E-state index is 13.2. The first-order chi connectivity index (χ1) is 14.2. The van der Waals surface area contributed by atoms with Gasteiger partial charge in [0.25, 0.3) is 11.5 Å². The number of carbonyl (C=O) groups is 1. The van der Waals surface area contributed by atoms with E-state index in [2.05, 4.69) is 11.7 Å². The van der Waals surface area contributed by atoms with Crippen molar-refractivity contribution in [2.24, 2.45) is 0 Å². The molecule has 0 bridgehead atoms. The van der Waals surface area contributed by atoms with Crippen LogP contribution in [0.1, 0.15) is 39.5 Å². The van der Waals surface area contributed by atoms with E-state index in [4.69, 9.17) is 4.98 Å². The Morgan fingerprint density at radius 2 is 1.97 bits per heavy atom. The zero-order valence-corrected chi connectivity index (χ0v) is 16.9. The van der Waals surface area contributed by atoms with Crippen LogP contribution < -0.4 is 10.5 Å². The molecule has 0 unspecified atom stereocenters. The van der Waals surface area contributed by atoms with Gasteiger partial charge >= 0.3 is 0 Å². The van der Waals surface area contributed by atoms with Crippen LogP contribution in [-0.4, -0.2) is 27.2 Å². The number of hydrogen-bond donors (Lipinski definition) is 0. The van der Waals surface area contributed by atoms with Crippen LogP contribution >= 0.6 is 11.3 Å². The number of anilines is 1. The summed E-state index contributed by atoms with van der Waals surface area (Å²) in [5, 5.41) is 5.00. The van der Waals surface area contributed by atoms with Gasteiger partial charge in [-0.05, 0) is 37.3 Å². The Labute approximate surface area is 173 Å². The molecule has 2 heterocycles. The van der Waals surface area contributed by atoms with Crippen molar-refractivity contribution < 1.29 is 4.79 Å². The first kappa shape index (κ1) is 19.3. The molecule has 0 aliphatic heterocycles. The summed E-state index contributed by atoms with van der Waals surface area (Å²) in [6.45, 7) is 4.43. The molecule has 0 spiro atoms. The minimum absolute atomic E-state index is 0.218. The summed E-state index contributed by atoms with van der Waals surface area (Å²) in [6.07, 6.45) is 5.96. The van der Waals surface area contributed by atoms with Crippen LogP contribution in [0.25, 0.3) is 0 Å². The van der Waals surface area contributed by atoms with E-state index in [0.29, 0.717) is 18.2 Å². The summed E-state index contributed by atoms with van der Waals surface area (Å²) in [4.78, 5) is 33.0. The summed E-state index contributed by atoms with van der Waals surface area (Å²) in [5.41, 5.74) is 2.02. The Morgan fingerprint density at radius 1 is 1.17 bits per heavy atom. The highest BCUT2D eigenvalue weighted by atomic mass is 32.1. The van der Waals surface area contributed by atoms with Gasteiger partial charge in [-0.25, -0.2) is 9.67 Å². The van der Waals surface area contributed by atoms with Crippen LogP contribution in [0.15, 0.2) is 59.9 Å². The summed E-state index contributed by atoms with van der Waals surface area (Å²) in [7, 11) is 0. The van der Waals surface area contributed by atoms with E-state index in [1.165, 1.54) is 21.7 Å². The van der Waals surface area contributed by atoms with Gasteiger partial charge in [-0.2, -0.15) is 5.10 Å². The molecule has 1 aromatic carbocycles. The van der Waals surface area contributed by atoms with Crippen LogP contribution in [0.2, 0.25) is 0 Å². The van der Waals surface area contributed by atoms with Gasteiger partial charge in [-0.15, -0.1) is 17.9 Å². The molecule has 0 radical (unpaired) electrons. The number of hydrogen-bond acceptors (Lipinski definition) is 5. The minimum Gasteiger partial charge on any atom is -0.279 e. The number of rotatable bonds is 6. The van der Waals surface area contributed by atoms with Gasteiger partial charge in [0.1, 0.15) is 5.69 Å². The standard InChI is InChI=1S/C22H22N4O2S/c1-2-14-25(22-23-17-10-6-7-11-19(17)29-22)21(28)18-12-13-20(27)26(24-18)15-16-8-4-3-5-9-16/h2-5,8-9,12-13H,1,6-7,10-11,14-15H2. The lowest BCUT2D eigenvalue weighted by atomic mass is 10.0. The van der Waals surface area contributed by atoms with Gasteiger partial charge in [-0.1, -0.05) is 36.4 Å². The molecule has 0 atom stereocenters. The fourth-order valence-electron chi connectivity index (χ4n) is 3.40. The molecular weight excluding hydrogens is 384 g/mol. The van der Waals surface area contributed by atoms with E-state index >= 15 is 0 Å². The molecule has 0 saturated heterocycles. The number of aryl methyl sites for hydroxylation is 2. The van der Waals surface area contributed by atoms with Crippen LogP contribution in [0, 0.1) is 0 Å². The van der Waals surface area contributed by atoms with Crippen molar-refractivity contribution in [3.63, 3.8) is 0 Å². The third-order valence-electron chi connectivity index (χ3n) is 4.88. The average Bonchev–Trinajstić information content (AvgIpc) is 3.18. The van der Waals surface area contributed by atoms with E-state index < -0.39 is 0 Å². The third-order valence-corrected chi connectivity index (χ3v) is 6.06. The molecule has 3 aromatic rings. The molecule has 148 valence electrons. The fourth-order valence-corrected chi connectivity index (χ4v) is 4.56. The van der Waals surface area contributed by atoms with Gasteiger partial charge in [0, 0.05) is 17.5 Å². The first-order valence-corrected chi connectivity index (χ1v) is 10.5. The average molecular weight is 407 g/mol. The summed E-state index contributed by atoms with van der Waals surface area (Å²) in [6, 6.07) is 12.5. The summed E-state index contributed by atoms with van der Waals surface area (Å²) in [5.74, 6) is -0.280. The molecule has 0 fully saturated rings. The smallest absolute Gasteiger partial charge is 0.279 e. The Bertz CT molecular complexity index is 1060. The highest BCUT2D eigenvalue weighted by molar-refractivity contribution is 7.16. The Kier molecular flexibility index (Phi) is 5.67. The minimum atomic E-state index is -0.280. The third kappa shape index (κ3) is 4.19. The predicted molar refractivity (Wildman–Crippen MR) is 115 cm³/mol. The maximum atomic E-state index is 13.2. The Morgan fingerprint density at radius 3 is 2.72 bits per heavy atom. The highest BCUT2D eigenvalue weighted by Gasteiger charge is 2.24. The van der Waals surface area contributed by atoms with Crippen LogP contribution in [0.4, 0.5) is 5.13 Å². The van der Waals surface area contributed by atoms with Crippen molar-refractivity contribution >= 4 is 22.4 Å². The maximum Gasteiger partial charge on any atom is 0.280 e. The molecule has 7 heteroatoms. The number of aromatic nitrogens is 3. The predicted octanol–water partition coefficient (Wildman–Crippen LogP) is 3.46. The van der Waals surface area contributed by atoms with Crippen molar-refractivity contribution in [3.8, 4) is 0 Å². The molecule has 0 saturated carbocycles. The first-order valence-electron chi connectivity index (χ1n) is 9.69. The lowest BCUT2D eigenvalue weighted by Gasteiger charge is -2.18. The second-order valence-electron chi connectivity index (χ2n) is 6.98. The van der Waals surface area contributed by atoms with Crippen molar-refractivity contribution in [3.05, 3.63) is 87.3 Å². The van der Waals surface area contributed by atoms with Gasteiger partial charge in [0.2, 0.25) is 0 Å². The molecular formula is C22H22N4O2S. The number of nitrogens with zero attached hydrogens (tertiary/aromatic N) is 4. The Hall–Kier alpha value is -3.06. The number of benzene rings is 1. The van der Waals surface area contributed by atoms with Crippen molar-refractivity contribution in [1.82, 2.24) is 14.8 Å². The van der Waals surface area contributed by atoms with E-state index in [1.807, 2.05) is 30.3 Å². The van der Waals surface area contributed by atoms with E-state index in [-0.39, 0.29) is 17.2 Å². The zero-order valence-electron chi connectivity index (χ0n) is 16.1. The number of fused-ring (bicyclic) bond motifs is 1. The fraction of sp³-hybridized carbons (Fsp3) is 0.273. The van der Waals surface area contributed by atoms with Gasteiger partial charge in [-0.3, -0.25) is 14.5 Å². The Balaban J connectivity index is 1.64. The van der Waals surface area contributed by atoms with Crippen LogP contribution in [0.5, 0.6) is 0 Å². The molecule has 1 aliphatic carbocycles. The lowest BCUT2D eigenvalue weighted by Crippen LogP contribution is -2.34. The van der Waals surface area contributed by atoms with Crippen molar-refractivity contribution in [1.29, 1.82) is 0 Å². The molecule has 2 aromatic heterocycles. The van der Waals surface area contributed by atoms with E-state index in [0.717, 1.165) is 36.9 Å². The lowest BCUT2D eigenvalue weighted by molar-refractivity contribution is 0.0982. The van der Waals surface area contributed by atoms with E-state index in [1.54, 1.807) is 22.3 Å². The quantitative estimate of drug-likeness (QED) is 0.588. The number of carbonyl (C=O) groups excluding carboxylic acids is 1. The largest absolute Gasteiger partial charge is 0.280 e. The second kappa shape index (κ2) is 8.53. The SMILES string of the molecule is C=CCN(C(=O)c1ccc(=O)n(Cc2ccccc2)n1)c1nc2c(s1)CCCC2. The normalized spacial score (nSPS) is 13.0. The monoisotopic (exact) mass is 406 g/mol. The molecule has 4 rings (SSSR count). The van der Waals surface area contributed by atoms with Gasteiger partial charge < -0.3 is 0 Å². The zero-order chi connectivity index (χ0) is 20.2. The highest BCUT2D eigenvalue weighted by Crippen LogP contribution is 2.32. The number of thiazole rings is 1. The topological polar surface area (TPSA) is 68.1 Å². The second-order valence-corrected chi connectivity index (χ2v) is 8.04. The van der Waals surface area contributed by atoms with Gasteiger partial charge in [0.15, 0.2) is 5.13 Å². The molecule has 6 nitrogen and oxygen atoms in total. The molecule has 29 heavy (non-hydrogen) atoms. The summed E-state index contributed by atoms with van der Waals surface area (Å²) >= 11 is 1.57.